The quantitative estimate of drug-likeness (QED) is 0.466. The molecule has 0 aliphatic rings. The summed E-state index contributed by atoms with van der Waals surface area (Å²) >= 11 is 0. The van der Waals surface area contributed by atoms with Gasteiger partial charge in [0.25, 0.3) is 0 Å². The molecule has 1 aromatic rings. The minimum Gasteiger partial charge on any atom is -0.465 e. The van der Waals surface area contributed by atoms with Crippen LogP contribution in [0, 0.1) is 0 Å². The van der Waals surface area contributed by atoms with E-state index in [4.69, 9.17) is 9.84 Å². The molecule has 0 saturated heterocycles. The number of carboxylic acid groups (broad SMARTS) is 1. The third-order valence-corrected chi connectivity index (χ3v) is 1.64. The van der Waals surface area contributed by atoms with Crippen LogP contribution in [0.5, 0.6) is 5.75 Å². The molecule has 0 aliphatic carbocycles. The third kappa shape index (κ3) is 3.45. The van der Waals surface area contributed by atoms with Crippen molar-refractivity contribution < 1.29 is 19.4 Å². The molecule has 5 nitrogen and oxygen atoms in total. The molecular weight excluding hydrogens is 210 g/mol. The van der Waals surface area contributed by atoms with E-state index in [2.05, 4.69) is 11.9 Å². The normalized spacial score (nSPS) is 9.31. The maximum atomic E-state index is 11.2. The largest absolute Gasteiger partial charge is 0.465 e. The molecule has 0 spiro atoms. The zero-order chi connectivity index (χ0) is 12.1. The summed E-state index contributed by atoms with van der Waals surface area (Å²) in [6.45, 7) is 4.97. The van der Waals surface area contributed by atoms with Crippen LogP contribution in [-0.2, 0) is 4.79 Å². The van der Waals surface area contributed by atoms with Gasteiger partial charge >= 0.3 is 12.1 Å². The van der Waals surface area contributed by atoms with Crippen LogP contribution in [0.2, 0.25) is 0 Å². The molecule has 0 unspecified atom stereocenters. The van der Waals surface area contributed by atoms with E-state index < -0.39 is 12.1 Å². The van der Waals surface area contributed by atoms with Crippen LogP contribution in [-0.4, -0.2) is 17.2 Å². The Morgan fingerprint density at radius 1 is 1.44 bits per heavy atom. The average Bonchev–Trinajstić information content (AvgIpc) is 2.16. The average molecular weight is 221 g/mol. The molecule has 0 atom stereocenters. The molecule has 0 aliphatic heterocycles. The van der Waals surface area contributed by atoms with E-state index in [9.17, 15) is 9.59 Å². The molecule has 0 heterocycles. The van der Waals surface area contributed by atoms with Gasteiger partial charge in [0, 0.05) is 17.3 Å². The fraction of sp³-hybridized carbons (Fsp3) is 0.0909. The van der Waals surface area contributed by atoms with Gasteiger partial charge in [-0.2, -0.15) is 0 Å². The standard InChI is InChI=1S/C11H11NO4/c1-7(2)10(13)16-9-5-3-4-8(6-9)12-11(14)15/h3-6,12H,1H2,2H3,(H,14,15). The van der Waals surface area contributed by atoms with Crippen LogP contribution in [0.3, 0.4) is 0 Å². The first-order valence-corrected chi connectivity index (χ1v) is 4.47. The summed E-state index contributed by atoms with van der Waals surface area (Å²) in [5.41, 5.74) is 0.608. The Kier molecular flexibility index (Phi) is 3.66. The lowest BCUT2D eigenvalue weighted by molar-refractivity contribution is -0.130. The predicted octanol–water partition coefficient (Wildman–Crippen LogP) is 2.26. The summed E-state index contributed by atoms with van der Waals surface area (Å²) in [6, 6.07) is 6.08. The van der Waals surface area contributed by atoms with Crippen LogP contribution >= 0.6 is 0 Å². The van der Waals surface area contributed by atoms with Crippen molar-refractivity contribution in [2.45, 2.75) is 6.92 Å². The molecule has 2 N–H and O–H groups in total. The van der Waals surface area contributed by atoms with Gasteiger partial charge in [0.15, 0.2) is 0 Å². The Hall–Kier alpha value is -2.30. The summed E-state index contributed by atoms with van der Waals surface area (Å²) in [5, 5.41) is 10.6. The van der Waals surface area contributed by atoms with Crippen molar-refractivity contribution in [3.05, 3.63) is 36.4 Å². The van der Waals surface area contributed by atoms with Crippen molar-refractivity contribution in [2.75, 3.05) is 5.32 Å². The van der Waals surface area contributed by atoms with Crippen molar-refractivity contribution in [3.63, 3.8) is 0 Å². The van der Waals surface area contributed by atoms with Gasteiger partial charge in [0.05, 0.1) is 0 Å². The highest BCUT2D eigenvalue weighted by Crippen LogP contribution is 2.18. The molecule has 0 fully saturated rings. The molecular formula is C11H11NO4. The van der Waals surface area contributed by atoms with Crippen LogP contribution < -0.4 is 10.1 Å². The van der Waals surface area contributed by atoms with Crippen LogP contribution in [0.25, 0.3) is 0 Å². The van der Waals surface area contributed by atoms with Crippen molar-refractivity contribution >= 4 is 17.7 Å². The fourth-order valence-corrected chi connectivity index (χ4v) is 0.955. The number of carbonyl (C=O) groups is 2. The maximum Gasteiger partial charge on any atom is 0.409 e. The Morgan fingerprint density at radius 3 is 2.69 bits per heavy atom. The molecule has 0 bridgehead atoms. The number of carbonyl (C=O) groups excluding carboxylic acids is 1. The molecule has 84 valence electrons. The van der Waals surface area contributed by atoms with Gasteiger partial charge in [-0.15, -0.1) is 0 Å². The molecule has 1 amide bonds. The van der Waals surface area contributed by atoms with Crippen molar-refractivity contribution in [1.29, 1.82) is 0 Å². The third-order valence-electron chi connectivity index (χ3n) is 1.64. The summed E-state index contributed by atoms with van der Waals surface area (Å²) in [5.74, 6) is -0.285. The van der Waals surface area contributed by atoms with Crippen LogP contribution in [0.1, 0.15) is 6.92 Å². The Bertz CT molecular complexity index is 439. The molecule has 16 heavy (non-hydrogen) atoms. The van der Waals surface area contributed by atoms with Crippen LogP contribution in [0.15, 0.2) is 36.4 Å². The molecule has 0 saturated carbocycles. The minimum absolute atomic E-state index is 0.263. The summed E-state index contributed by atoms with van der Waals surface area (Å²) in [6.07, 6.45) is -1.18. The molecule has 1 rings (SSSR count). The first-order valence-electron chi connectivity index (χ1n) is 4.47. The second kappa shape index (κ2) is 4.97. The number of ether oxygens (including phenoxy) is 1. The first kappa shape index (κ1) is 11.8. The Labute approximate surface area is 92.3 Å². The van der Waals surface area contributed by atoms with Gasteiger partial charge < -0.3 is 9.84 Å². The van der Waals surface area contributed by atoms with Gasteiger partial charge in [0.1, 0.15) is 5.75 Å². The molecule has 5 heteroatoms. The zero-order valence-electron chi connectivity index (χ0n) is 8.69. The number of esters is 1. The molecule has 0 radical (unpaired) electrons. The van der Waals surface area contributed by atoms with E-state index in [-0.39, 0.29) is 11.3 Å². The highest BCUT2D eigenvalue weighted by molar-refractivity contribution is 5.89. The second-order valence-electron chi connectivity index (χ2n) is 3.13. The summed E-state index contributed by atoms with van der Waals surface area (Å²) in [7, 11) is 0. The lowest BCUT2D eigenvalue weighted by Crippen LogP contribution is -2.10. The van der Waals surface area contributed by atoms with E-state index in [0.29, 0.717) is 5.69 Å². The van der Waals surface area contributed by atoms with Crippen LogP contribution in [0.4, 0.5) is 10.5 Å². The highest BCUT2D eigenvalue weighted by Gasteiger charge is 2.06. The molecule has 1 aromatic carbocycles. The predicted molar refractivity (Wildman–Crippen MR) is 58.5 cm³/mol. The SMILES string of the molecule is C=C(C)C(=O)Oc1cccc(NC(=O)O)c1. The first-order chi connectivity index (χ1) is 7.49. The van der Waals surface area contributed by atoms with E-state index in [1.807, 2.05) is 0 Å². The fourth-order valence-electron chi connectivity index (χ4n) is 0.955. The molecule has 0 aromatic heterocycles. The zero-order valence-corrected chi connectivity index (χ0v) is 8.69. The summed E-state index contributed by atoms with van der Waals surface area (Å²) in [4.78, 5) is 21.6. The van der Waals surface area contributed by atoms with Crippen molar-refractivity contribution in [2.24, 2.45) is 0 Å². The van der Waals surface area contributed by atoms with Gasteiger partial charge in [0.2, 0.25) is 0 Å². The minimum atomic E-state index is -1.18. The topological polar surface area (TPSA) is 75.6 Å². The van der Waals surface area contributed by atoms with Crippen molar-refractivity contribution in [1.82, 2.24) is 0 Å². The number of rotatable bonds is 3. The smallest absolute Gasteiger partial charge is 0.409 e. The van der Waals surface area contributed by atoms with E-state index >= 15 is 0 Å². The lowest BCUT2D eigenvalue weighted by Gasteiger charge is -2.05. The van der Waals surface area contributed by atoms with Gasteiger partial charge in [-0.05, 0) is 19.1 Å². The van der Waals surface area contributed by atoms with E-state index in [1.54, 1.807) is 18.2 Å². The number of amides is 1. The van der Waals surface area contributed by atoms with Gasteiger partial charge in [-0.1, -0.05) is 12.6 Å². The van der Waals surface area contributed by atoms with E-state index in [1.165, 1.54) is 13.0 Å². The second-order valence-corrected chi connectivity index (χ2v) is 3.13. The highest BCUT2D eigenvalue weighted by atomic mass is 16.5. The maximum absolute atomic E-state index is 11.2. The Balaban J connectivity index is 2.78. The van der Waals surface area contributed by atoms with Gasteiger partial charge in [-0.3, -0.25) is 5.32 Å². The Morgan fingerprint density at radius 2 is 2.12 bits per heavy atom. The van der Waals surface area contributed by atoms with Crippen molar-refractivity contribution in [3.8, 4) is 5.75 Å². The number of benzene rings is 1. The van der Waals surface area contributed by atoms with Gasteiger partial charge in [-0.25, -0.2) is 9.59 Å². The number of hydrogen-bond acceptors (Lipinski definition) is 3. The number of nitrogens with one attached hydrogen (secondary N) is 1. The monoisotopic (exact) mass is 221 g/mol. The lowest BCUT2D eigenvalue weighted by atomic mass is 10.3. The number of hydrogen-bond donors (Lipinski definition) is 2. The van der Waals surface area contributed by atoms with E-state index in [0.717, 1.165) is 0 Å². The summed E-state index contributed by atoms with van der Waals surface area (Å²) < 4.78 is 4.93. The number of anilines is 1.